The number of aliphatic carboxylic acids is 1. The molecule has 2 aromatic rings. The number of rotatable bonds is 4. The number of benzene rings is 1. The van der Waals surface area contributed by atoms with E-state index in [0.29, 0.717) is 18.8 Å². The summed E-state index contributed by atoms with van der Waals surface area (Å²) in [5.74, 6) is -1.10. The van der Waals surface area contributed by atoms with Crippen molar-refractivity contribution in [2.24, 2.45) is 5.92 Å². The Kier molecular flexibility index (Phi) is 4.33. The quantitative estimate of drug-likeness (QED) is 0.895. The van der Waals surface area contributed by atoms with Crippen LogP contribution in [0.1, 0.15) is 43.2 Å². The maximum atomic E-state index is 12.4. The van der Waals surface area contributed by atoms with Gasteiger partial charge in [-0.25, -0.2) is 14.5 Å². The Morgan fingerprint density at radius 1 is 1.25 bits per heavy atom. The minimum atomic E-state index is -1.22. The van der Waals surface area contributed by atoms with Crippen LogP contribution in [0.3, 0.4) is 0 Å². The summed E-state index contributed by atoms with van der Waals surface area (Å²) >= 11 is 0. The maximum Gasteiger partial charge on any atom is 0.329 e. The van der Waals surface area contributed by atoms with Gasteiger partial charge in [-0.3, -0.25) is 4.79 Å². The lowest BCUT2D eigenvalue weighted by molar-refractivity contribution is -0.146. The Morgan fingerprint density at radius 2 is 1.92 bits per heavy atom. The van der Waals surface area contributed by atoms with E-state index in [9.17, 15) is 14.7 Å². The molecule has 0 atom stereocenters. The number of carbonyl (C=O) groups is 2. The molecule has 0 bridgehead atoms. The molecule has 1 amide bonds. The molecule has 7 nitrogen and oxygen atoms in total. The fourth-order valence-corrected chi connectivity index (χ4v) is 2.99. The number of hydrogen-bond donors (Lipinski definition) is 2. The molecule has 2 N–H and O–H groups in total. The highest BCUT2D eigenvalue weighted by Gasteiger charge is 2.43. The van der Waals surface area contributed by atoms with Crippen molar-refractivity contribution in [2.75, 3.05) is 0 Å². The van der Waals surface area contributed by atoms with Crippen LogP contribution in [0, 0.1) is 5.92 Å². The highest BCUT2D eigenvalue weighted by molar-refractivity contribution is 5.95. The fourth-order valence-electron chi connectivity index (χ4n) is 2.99. The summed E-state index contributed by atoms with van der Waals surface area (Å²) < 4.78 is 1.49. The molecule has 126 valence electrons. The fraction of sp³-hybridized carbons (Fsp3) is 0.412. The lowest BCUT2D eigenvalue weighted by atomic mass is 9.77. The molecule has 0 aliphatic heterocycles. The predicted octanol–water partition coefficient (Wildman–Crippen LogP) is 2.03. The molecule has 1 fully saturated rings. The van der Waals surface area contributed by atoms with Crippen LogP contribution in [0.15, 0.2) is 36.7 Å². The van der Waals surface area contributed by atoms with Crippen molar-refractivity contribution in [2.45, 2.75) is 38.1 Å². The molecule has 0 saturated heterocycles. The van der Waals surface area contributed by atoms with E-state index < -0.39 is 17.4 Å². The summed E-state index contributed by atoms with van der Waals surface area (Å²) in [6.45, 7) is 2.09. The van der Waals surface area contributed by atoms with Gasteiger partial charge in [0.15, 0.2) is 0 Å². The maximum absolute atomic E-state index is 12.4. The van der Waals surface area contributed by atoms with E-state index in [0.717, 1.165) is 18.5 Å². The number of carboxylic acids is 1. The van der Waals surface area contributed by atoms with Gasteiger partial charge in [-0.1, -0.05) is 25.1 Å². The first-order valence-electron chi connectivity index (χ1n) is 8.03. The molecule has 1 aromatic heterocycles. The van der Waals surface area contributed by atoms with Crippen LogP contribution >= 0.6 is 0 Å². The van der Waals surface area contributed by atoms with E-state index in [2.05, 4.69) is 22.3 Å². The summed E-state index contributed by atoms with van der Waals surface area (Å²) in [5.41, 5.74) is -0.439. The van der Waals surface area contributed by atoms with Crippen LogP contribution in [0.5, 0.6) is 0 Å². The molecular formula is C17H20N4O3. The van der Waals surface area contributed by atoms with Crippen LogP contribution in [-0.2, 0) is 4.79 Å². The zero-order valence-electron chi connectivity index (χ0n) is 13.5. The van der Waals surface area contributed by atoms with Crippen LogP contribution in [0.2, 0.25) is 0 Å². The molecule has 1 saturated carbocycles. The van der Waals surface area contributed by atoms with Gasteiger partial charge < -0.3 is 10.4 Å². The number of amides is 1. The van der Waals surface area contributed by atoms with Gasteiger partial charge in [-0.2, -0.15) is 0 Å². The van der Waals surface area contributed by atoms with E-state index in [1.54, 1.807) is 0 Å². The molecule has 1 aliphatic rings. The first-order valence-corrected chi connectivity index (χ1v) is 8.03. The smallest absolute Gasteiger partial charge is 0.329 e. The average molecular weight is 328 g/mol. The topological polar surface area (TPSA) is 97.1 Å². The van der Waals surface area contributed by atoms with Crippen LogP contribution in [0.25, 0.3) is 5.69 Å². The monoisotopic (exact) mass is 328 g/mol. The van der Waals surface area contributed by atoms with Crippen LogP contribution < -0.4 is 5.32 Å². The molecule has 7 heteroatoms. The molecule has 1 heterocycles. The van der Waals surface area contributed by atoms with E-state index in [1.807, 2.05) is 30.3 Å². The van der Waals surface area contributed by atoms with Crippen molar-refractivity contribution in [3.8, 4) is 5.69 Å². The van der Waals surface area contributed by atoms with Gasteiger partial charge in [-0.15, -0.1) is 5.10 Å². The Hall–Kier alpha value is -2.70. The highest BCUT2D eigenvalue weighted by Crippen LogP contribution is 2.32. The Morgan fingerprint density at radius 3 is 2.54 bits per heavy atom. The zero-order chi connectivity index (χ0) is 17.2. The molecule has 24 heavy (non-hydrogen) atoms. The minimum Gasteiger partial charge on any atom is -0.480 e. The van der Waals surface area contributed by atoms with Crippen LogP contribution in [-0.4, -0.2) is 37.3 Å². The largest absolute Gasteiger partial charge is 0.480 e. The minimum absolute atomic E-state index is 0.0295. The Labute approximate surface area is 139 Å². The number of nitrogens with zero attached hydrogens (tertiary/aromatic N) is 3. The standard InChI is InChI=1S/C17H20N4O3/c1-12-7-9-17(10-8-12,16(23)24)19-15(22)14-18-11-21(20-14)13-5-3-2-4-6-13/h2-6,11-12H,7-10H2,1H3,(H,19,22)(H,23,24). The summed E-state index contributed by atoms with van der Waals surface area (Å²) in [4.78, 5) is 28.2. The molecular weight excluding hydrogens is 308 g/mol. The van der Waals surface area contributed by atoms with Gasteiger partial charge in [0.1, 0.15) is 11.9 Å². The summed E-state index contributed by atoms with van der Waals surface area (Å²) in [6.07, 6.45) is 3.85. The zero-order valence-corrected chi connectivity index (χ0v) is 13.5. The van der Waals surface area contributed by atoms with Crippen molar-refractivity contribution in [1.82, 2.24) is 20.1 Å². The van der Waals surface area contributed by atoms with Gasteiger partial charge in [0.05, 0.1) is 5.69 Å². The van der Waals surface area contributed by atoms with E-state index >= 15 is 0 Å². The van der Waals surface area contributed by atoms with Gasteiger partial charge in [-0.05, 0) is 43.7 Å². The van der Waals surface area contributed by atoms with Crippen molar-refractivity contribution < 1.29 is 14.7 Å². The SMILES string of the molecule is CC1CCC(NC(=O)c2ncn(-c3ccccc3)n2)(C(=O)O)CC1. The van der Waals surface area contributed by atoms with Crippen molar-refractivity contribution in [3.05, 3.63) is 42.5 Å². The Balaban J connectivity index is 1.77. The van der Waals surface area contributed by atoms with Gasteiger partial charge in [0.25, 0.3) is 5.91 Å². The van der Waals surface area contributed by atoms with Gasteiger partial charge in [0.2, 0.25) is 5.82 Å². The number of aromatic nitrogens is 3. The third-order valence-electron chi connectivity index (χ3n) is 4.61. The number of hydrogen-bond acceptors (Lipinski definition) is 4. The van der Waals surface area contributed by atoms with Crippen molar-refractivity contribution >= 4 is 11.9 Å². The normalized spacial score (nSPS) is 23.6. The number of carboxylic acid groups (broad SMARTS) is 1. The van der Waals surface area contributed by atoms with Crippen molar-refractivity contribution in [1.29, 1.82) is 0 Å². The second kappa shape index (κ2) is 6.43. The molecule has 0 spiro atoms. The molecule has 1 aromatic carbocycles. The summed E-state index contributed by atoms with van der Waals surface area (Å²) in [7, 11) is 0. The van der Waals surface area contributed by atoms with E-state index in [4.69, 9.17) is 0 Å². The highest BCUT2D eigenvalue weighted by atomic mass is 16.4. The first kappa shape index (κ1) is 16.2. The number of nitrogens with one attached hydrogen (secondary N) is 1. The number of para-hydroxylation sites is 1. The Bertz CT molecular complexity index is 733. The van der Waals surface area contributed by atoms with Gasteiger partial charge in [0, 0.05) is 0 Å². The molecule has 0 radical (unpaired) electrons. The van der Waals surface area contributed by atoms with Crippen molar-refractivity contribution in [3.63, 3.8) is 0 Å². The molecule has 1 aliphatic carbocycles. The third-order valence-corrected chi connectivity index (χ3v) is 4.61. The third kappa shape index (κ3) is 3.15. The second-order valence-corrected chi connectivity index (χ2v) is 6.37. The second-order valence-electron chi connectivity index (χ2n) is 6.37. The summed E-state index contributed by atoms with van der Waals surface area (Å²) in [6, 6.07) is 9.29. The summed E-state index contributed by atoms with van der Waals surface area (Å²) in [5, 5.41) is 16.4. The predicted molar refractivity (Wildman–Crippen MR) is 86.8 cm³/mol. The average Bonchev–Trinajstić information content (AvgIpc) is 3.08. The van der Waals surface area contributed by atoms with E-state index in [1.165, 1.54) is 11.0 Å². The lowest BCUT2D eigenvalue weighted by Crippen LogP contribution is -2.56. The molecule has 0 unspecified atom stereocenters. The number of carbonyl (C=O) groups excluding carboxylic acids is 1. The molecule has 3 rings (SSSR count). The van der Waals surface area contributed by atoms with Crippen LogP contribution in [0.4, 0.5) is 0 Å². The van der Waals surface area contributed by atoms with Gasteiger partial charge >= 0.3 is 5.97 Å². The lowest BCUT2D eigenvalue weighted by Gasteiger charge is -2.36. The first-order chi connectivity index (χ1) is 11.5. The van der Waals surface area contributed by atoms with E-state index in [-0.39, 0.29) is 5.82 Å².